The Bertz CT molecular complexity index is 903. The van der Waals surface area contributed by atoms with Gasteiger partial charge in [-0.1, -0.05) is 17.7 Å². The van der Waals surface area contributed by atoms with Crippen LogP contribution >= 0.6 is 11.6 Å². The first-order valence-corrected chi connectivity index (χ1v) is 8.91. The second kappa shape index (κ2) is 8.49. The standard InChI is InChI=1S/C18H18ClFN4O4/c1-28-18(25)13-8-16(24(26)27)17(21-10-13)23-6-4-22(5-7-23)11-12-2-3-14(20)9-15(12)19/h2-3,8-10H,4-7,11H2,1H3. The van der Waals surface area contributed by atoms with Gasteiger partial charge >= 0.3 is 11.7 Å². The van der Waals surface area contributed by atoms with E-state index in [9.17, 15) is 19.3 Å². The van der Waals surface area contributed by atoms with Crippen LogP contribution in [0.3, 0.4) is 0 Å². The Balaban J connectivity index is 1.70. The summed E-state index contributed by atoms with van der Waals surface area (Å²) in [5.74, 6) is -0.840. The number of piperazine rings is 1. The largest absolute Gasteiger partial charge is 0.465 e. The summed E-state index contributed by atoms with van der Waals surface area (Å²) in [7, 11) is 1.20. The minimum absolute atomic E-state index is 0.0301. The van der Waals surface area contributed by atoms with Crippen LogP contribution in [-0.4, -0.2) is 54.1 Å². The molecule has 1 aliphatic rings. The molecule has 0 unspecified atom stereocenters. The lowest BCUT2D eigenvalue weighted by Gasteiger charge is -2.35. The SMILES string of the molecule is COC(=O)c1cnc(N2CCN(Cc3ccc(F)cc3Cl)CC2)c([N+](=O)[O-])c1. The van der Waals surface area contributed by atoms with E-state index in [-0.39, 0.29) is 22.9 Å². The van der Waals surface area contributed by atoms with Gasteiger partial charge in [0.25, 0.3) is 0 Å². The highest BCUT2D eigenvalue weighted by atomic mass is 35.5. The number of rotatable bonds is 5. The second-order valence-corrected chi connectivity index (χ2v) is 6.72. The number of hydrogen-bond acceptors (Lipinski definition) is 7. The maximum absolute atomic E-state index is 13.2. The molecule has 0 N–H and O–H groups in total. The normalized spacial score (nSPS) is 14.8. The zero-order chi connectivity index (χ0) is 20.3. The fraction of sp³-hybridized carbons (Fsp3) is 0.333. The zero-order valence-electron chi connectivity index (χ0n) is 15.1. The number of methoxy groups -OCH3 is 1. The molecular weight excluding hydrogens is 391 g/mol. The van der Waals surface area contributed by atoms with E-state index in [1.165, 1.54) is 31.5 Å². The minimum Gasteiger partial charge on any atom is -0.465 e. The Morgan fingerprint density at radius 3 is 2.64 bits per heavy atom. The van der Waals surface area contributed by atoms with Gasteiger partial charge in [0.05, 0.1) is 17.6 Å². The molecule has 0 bridgehead atoms. The Morgan fingerprint density at radius 1 is 1.32 bits per heavy atom. The first-order valence-electron chi connectivity index (χ1n) is 8.53. The quantitative estimate of drug-likeness (QED) is 0.427. The molecule has 10 heteroatoms. The molecule has 8 nitrogen and oxygen atoms in total. The number of aromatic nitrogens is 1. The van der Waals surface area contributed by atoms with Crippen molar-refractivity contribution >= 4 is 29.1 Å². The van der Waals surface area contributed by atoms with Crippen LogP contribution < -0.4 is 4.90 Å². The number of nitrogens with zero attached hydrogens (tertiary/aromatic N) is 4. The van der Waals surface area contributed by atoms with E-state index < -0.39 is 10.9 Å². The van der Waals surface area contributed by atoms with Crippen LogP contribution in [0.2, 0.25) is 5.02 Å². The van der Waals surface area contributed by atoms with Crippen LogP contribution in [-0.2, 0) is 11.3 Å². The van der Waals surface area contributed by atoms with Gasteiger partial charge in [-0.05, 0) is 17.7 Å². The predicted molar refractivity (Wildman–Crippen MR) is 101 cm³/mol. The number of hydrogen-bond donors (Lipinski definition) is 0. The molecule has 3 rings (SSSR count). The Labute approximate surface area is 165 Å². The molecule has 148 valence electrons. The molecular formula is C18H18ClFN4O4. The molecule has 1 aliphatic heterocycles. The summed E-state index contributed by atoms with van der Waals surface area (Å²) in [6.45, 7) is 2.86. The lowest BCUT2D eigenvalue weighted by Crippen LogP contribution is -2.46. The van der Waals surface area contributed by atoms with Crippen LogP contribution in [0.5, 0.6) is 0 Å². The van der Waals surface area contributed by atoms with Crippen molar-refractivity contribution in [3.8, 4) is 0 Å². The lowest BCUT2D eigenvalue weighted by atomic mass is 10.2. The second-order valence-electron chi connectivity index (χ2n) is 6.31. The average molecular weight is 409 g/mol. The summed E-state index contributed by atoms with van der Waals surface area (Å²) in [6.07, 6.45) is 1.28. The number of anilines is 1. The fourth-order valence-corrected chi connectivity index (χ4v) is 3.29. The molecule has 0 aliphatic carbocycles. The highest BCUT2D eigenvalue weighted by Crippen LogP contribution is 2.28. The van der Waals surface area contributed by atoms with Gasteiger partial charge in [0.1, 0.15) is 5.82 Å². The van der Waals surface area contributed by atoms with Crippen LogP contribution in [0, 0.1) is 15.9 Å². The number of pyridine rings is 1. The van der Waals surface area contributed by atoms with Crippen molar-refractivity contribution in [2.24, 2.45) is 0 Å². The maximum atomic E-state index is 13.2. The van der Waals surface area contributed by atoms with Crippen LogP contribution in [0.25, 0.3) is 0 Å². The van der Waals surface area contributed by atoms with Crippen LogP contribution in [0.15, 0.2) is 30.5 Å². The van der Waals surface area contributed by atoms with Gasteiger partial charge in [-0.2, -0.15) is 0 Å². The van der Waals surface area contributed by atoms with Crippen LogP contribution in [0.4, 0.5) is 15.9 Å². The topological polar surface area (TPSA) is 88.8 Å². The molecule has 28 heavy (non-hydrogen) atoms. The Kier molecular flexibility index (Phi) is 6.05. The number of esters is 1. The van der Waals surface area contributed by atoms with Gasteiger partial charge < -0.3 is 9.64 Å². The van der Waals surface area contributed by atoms with Gasteiger partial charge in [-0.25, -0.2) is 14.2 Å². The van der Waals surface area contributed by atoms with E-state index in [4.69, 9.17) is 11.6 Å². The molecule has 0 radical (unpaired) electrons. The van der Waals surface area contributed by atoms with Gasteiger partial charge in [0.2, 0.25) is 5.82 Å². The van der Waals surface area contributed by atoms with Crippen molar-refractivity contribution in [2.75, 3.05) is 38.2 Å². The maximum Gasteiger partial charge on any atom is 0.339 e. The minimum atomic E-state index is -0.678. The third kappa shape index (κ3) is 4.37. The zero-order valence-corrected chi connectivity index (χ0v) is 15.9. The van der Waals surface area contributed by atoms with Gasteiger partial charge in [0, 0.05) is 50.0 Å². The van der Waals surface area contributed by atoms with Crippen molar-refractivity contribution < 1.29 is 18.8 Å². The van der Waals surface area contributed by atoms with Crippen LogP contribution in [0.1, 0.15) is 15.9 Å². The van der Waals surface area contributed by atoms with Crippen molar-refractivity contribution in [1.82, 2.24) is 9.88 Å². The summed E-state index contributed by atoms with van der Waals surface area (Å²) >= 11 is 6.08. The molecule has 1 fully saturated rings. The lowest BCUT2D eigenvalue weighted by molar-refractivity contribution is -0.384. The van der Waals surface area contributed by atoms with Gasteiger partial charge in [0.15, 0.2) is 0 Å². The molecule has 1 saturated heterocycles. The van der Waals surface area contributed by atoms with E-state index >= 15 is 0 Å². The third-order valence-electron chi connectivity index (χ3n) is 4.55. The first-order chi connectivity index (χ1) is 13.4. The molecule has 0 amide bonds. The monoisotopic (exact) mass is 408 g/mol. The molecule has 1 aromatic heterocycles. The van der Waals surface area contributed by atoms with Crippen molar-refractivity contribution in [2.45, 2.75) is 6.54 Å². The first kappa shape index (κ1) is 20.0. The van der Waals surface area contributed by atoms with Crippen molar-refractivity contribution in [3.05, 3.63) is 62.5 Å². The summed E-state index contributed by atoms with van der Waals surface area (Å²) < 4.78 is 17.8. The molecule has 0 saturated carbocycles. The van der Waals surface area contributed by atoms with Crippen molar-refractivity contribution in [3.63, 3.8) is 0 Å². The third-order valence-corrected chi connectivity index (χ3v) is 4.90. The number of benzene rings is 1. The number of carbonyl (C=O) groups is 1. The molecule has 2 heterocycles. The van der Waals surface area contributed by atoms with E-state index in [0.717, 1.165) is 5.56 Å². The molecule has 2 aromatic rings. The van der Waals surface area contributed by atoms with E-state index in [1.54, 1.807) is 6.07 Å². The van der Waals surface area contributed by atoms with Gasteiger partial charge in [-0.3, -0.25) is 15.0 Å². The molecule has 1 aromatic carbocycles. The highest BCUT2D eigenvalue weighted by Gasteiger charge is 2.27. The molecule has 0 spiro atoms. The number of carbonyl (C=O) groups excluding carboxylic acids is 1. The average Bonchev–Trinajstić information content (AvgIpc) is 2.69. The highest BCUT2D eigenvalue weighted by molar-refractivity contribution is 6.31. The van der Waals surface area contributed by atoms with Gasteiger partial charge in [-0.15, -0.1) is 0 Å². The fourth-order valence-electron chi connectivity index (χ4n) is 3.06. The number of halogens is 2. The van der Waals surface area contributed by atoms with E-state index in [1.807, 2.05) is 4.90 Å². The van der Waals surface area contributed by atoms with E-state index in [0.29, 0.717) is 37.7 Å². The summed E-state index contributed by atoms with van der Waals surface area (Å²) in [4.78, 5) is 30.5. The number of ether oxygens (including phenoxy) is 1. The number of nitro groups is 1. The Hall–Kier alpha value is -2.78. The van der Waals surface area contributed by atoms with E-state index in [2.05, 4.69) is 14.6 Å². The summed E-state index contributed by atoms with van der Waals surface area (Å²) in [6, 6.07) is 5.48. The Morgan fingerprint density at radius 2 is 2.04 bits per heavy atom. The predicted octanol–water partition coefficient (Wildman–Crippen LogP) is 2.89. The van der Waals surface area contributed by atoms with Crippen molar-refractivity contribution in [1.29, 1.82) is 0 Å². The summed E-state index contributed by atoms with van der Waals surface area (Å²) in [5.41, 5.74) is 0.614. The summed E-state index contributed by atoms with van der Waals surface area (Å²) in [5, 5.41) is 11.8. The smallest absolute Gasteiger partial charge is 0.339 e. The molecule has 0 atom stereocenters.